The number of imidazole rings is 1. The molecule has 2 aliphatic heterocycles. The van der Waals surface area contributed by atoms with Gasteiger partial charge in [-0.1, -0.05) is 0 Å². The van der Waals surface area contributed by atoms with E-state index in [1.807, 2.05) is 6.20 Å². The predicted octanol–water partition coefficient (Wildman–Crippen LogP) is 1.00. The maximum absolute atomic E-state index is 5.96. The van der Waals surface area contributed by atoms with Crippen molar-refractivity contribution in [2.45, 2.75) is 44.3 Å². The molecule has 2 unspecified atom stereocenters. The first kappa shape index (κ1) is 11.9. The van der Waals surface area contributed by atoms with E-state index in [-0.39, 0.29) is 12.4 Å². The minimum Gasteiger partial charge on any atom is -0.331 e. The Morgan fingerprint density at radius 2 is 2.31 bits per heavy atom. The minimum atomic E-state index is 0. The van der Waals surface area contributed by atoms with Gasteiger partial charge in [-0.15, -0.1) is 12.4 Å². The SMILES string of the molecule is Cl.NC1CCn2c(cnc2C2CCCN2)C1. The van der Waals surface area contributed by atoms with Gasteiger partial charge in [0, 0.05) is 30.9 Å². The standard InChI is InChI=1S/C11H18N4.ClH/c12-8-3-5-15-9(6-8)7-14-11(15)10-2-1-4-13-10;/h7-8,10,13H,1-6,12H2;1H. The van der Waals surface area contributed by atoms with Crippen LogP contribution in [-0.2, 0) is 13.0 Å². The second kappa shape index (κ2) is 4.73. The van der Waals surface area contributed by atoms with Gasteiger partial charge in [-0.3, -0.25) is 0 Å². The maximum atomic E-state index is 5.96. The van der Waals surface area contributed by atoms with Crippen LogP contribution in [0.1, 0.15) is 36.8 Å². The second-order valence-corrected chi connectivity index (χ2v) is 4.66. The van der Waals surface area contributed by atoms with E-state index < -0.39 is 0 Å². The fourth-order valence-corrected chi connectivity index (χ4v) is 2.70. The second-order valence-electron chi connectivity index (χ2n) is 4.66. The van der Waals surface area contributed by atoms with Crippen LogP contribution in [0.2, 0.25) is 0 Å². The molecule has 16 heavy (non-hydrogen) atoms. The molecule has 1 saturated heterocycles. The molecule has 1 aromatic heterocycles. The third-order valence-corrected chi connectivity index (χ3v) is 3.54. The van der Waals surface area contributed by atoms with Gasteiger partial charge in [0.1, 0.15) is 5.82 Å². The van der Waals surface area contributed by atoms with Gasteiger partial charge in [-0.05, 0) is 25.8 Å². The Labute approximate surface area is 102 Å². The predicted molar refractivity (Wildman–Crippen MR) is 65.7 cm³/mol. The molecule has 4 nitrogen and oxygen atoms in total. The van der Waals surface area contributed by atoms with E-state index in [2.05, 4.69) is 14.9 Å². The van der Waals surface area contributed by atoms with Gasteiger partial charge < -0.3 is 15.6 Å². The molecule has 0 amide bonds. The number of aromatic nitrogens is 2. The molecule has 5 heteroatoms. The number of nitrogens with zero attached hydrogens (tertiary/aromatic N) is 2. The van der Waals surface area contributed by atoms with E-state index in [1.54, 1.807) is 0 Å². The third kappa shape index (κ3) is 1.97. The lowest BCUT2D eigenvalue weighted by atomic mass is 10.1. The van der Waals surface area contributed by atoms with Gasteiger partial charge in [0.15, 0.2) is 0 Å². The molecular formula is C11H19ClN4. The molecule has 3 rings (SSSR count). The van der Waals surface area contributed by atoms with Gasteiger partial charge in [-0.25, -0.2) is 4.98 Å². The number of fused-ring (bicyclic) bond motifs is 1. The quantitative estimate of drug-likeness (QED) is 0.773. The van der Waals surface area contributed by atoms with Gasteiger partial charge in [0.05, 0.1) is 6.04 Å². The fourth-order valence-electron chi connectivity index (χ4n) is 2.70. The van der Waals surface area contributed by atoms with Crippen LogP contribution in [0.3, 0.4) is 0 Å². The van der Waals surface area contributed by atoms with Gasteiger partial charge >= 0.3 is 0 Å². The van der Waals surface area contributed by atoms with E-state index in [9.17, 15) is 0 Å². The van der Waals surface area contributed by atoms with Gasteiger partial charge in [0.2, 0.25) is 0 Å². The van der Waals surface area contributed by atoms with Crippen molar-refractivity contribution >= 4 is 12.4 Å². The first-order valence-electron chi connectivity index (χ1n) is 5.88. The Hall–Kier alpha value is -0.580. The summed E-state index contributed by atoms with van der Waals surface area (Å²) in [5.74, 6) is 1.23. The molecule has 0 aromatic carbocycles. The number of nitrogens with two attached hydrogens (primary N) is 1. The minimum absolute atomic E-state index is 0. The Balaban J connectivity index is 0.000000963. The van der Waals surface area contributed by atoms with E-state index >= 15 is 0 Å². The molecule has 0 aliphatic carbocycles. The summed E-state index contributed by atoms with van der Waals surface area (Å²) >= 11 is 0. The summed E-state index contributed by atoms with van der Waals surface area (Å²) in [7, 11) is 0. The molecule has 1 fully saturated rings. The van der Waals surface area contributed by atoms with E-state index in [1.165, 1.54) is 24.4 Å². The summed E-state index contributed by atoms with van der Waals surface area (Å²) in [5.41, 5.74) is 7.27. The van der Waals surface area contributed by atoms with Crippen LogP contribution in [0, 0.1) is 0 Å². The number of nitrogens with one attached hydrogen (secondary N) is 1. The van der Waals surface area contributed by atoms with Crippen molar-refractivity contribution in [2.75, 3.05) is 6.54 Å². The monoisotopic (exact) mass is 242 g/mol. The van der Waals surface area contributed by atoms with Crippen molar-refractivity contribution in [1.29, 1.82) is 0 Å². The molecule has 0 radical (unpaired) electrons. The van der Waals surface area contributed by atoms with Crippen molar-refractivity contribution in [3.63, 3.8) is 0 Å². The molecule has 3 N–H and O–H groups in total. The largest absolute Gasteiger partial charge is 0.331 e. The molecule has 2 atom stereocenters. The Morgan fingerprint density at radius 1 is 1.44 bits per heavy atom. The van der Waals surface area contributed by atoms with E-state index in [0.717, 1.165) is 25.9 Å². The van der Waals surface area contributed by atoms with Crippen LogP contribution in [0.15, 0.2) is 6.20 Å². The fraction of sp³-hybridized carbons (Fsp3) is 0.727. The first-order chi connectivity index (χ1) is 7.34. The maximum Gasteiger partial charge on any atom is 0.126 e. The third-order valence-electron chi connectivity index (χ3n) is 3.54. The Kier molecular flexibility index (Phi) is 3.52. The highest BCUT2D eigenvalue weighted by Crippen LogP contribution is 2.25. The summed E-state index contributed by atoms with van der Waals surface area (Å²) in [5, 5.41) is 3.51. The lowest BCUT2D eigenvalue weighted by molar-refractivity contribution is 0.442. The summed E-state index contributed by atoms with van der Waals surface area (Å²) in [6.45, 7) is 2.18. The smallest absolute Gasteiger partial charge is 0.126 e. The average molecular weight is 243 g/mol. The van der Waals surface area contributed by atoms with Crippen LogP contribution < -0.4 is 11.1 Å². The van der Waals surface area contributed by atoms with Crippen molar-refractivity contribution in [2.24, 2.45) is 5.73 Å². The number of hydrogen-bond donors (Lipinski definition) is 2. The summed E-state index contributed by atoms with van der Waals surface area (Å²) in [6.07, 6.45) is 6.58. The Morgan fingerprint density at radius 3 is 3.06 bits per heavy atom. The molecular weight excluding hydrogens is 224 g/mol. The van der Waals surface area contributed by atoms with Crippen LogP contribution in [0.25, 0.3) is 0 Å². The van der Waals surface area contributed by atoms with Crippen LogP contribution >= 0.6 is 12.4 Å². The van der Waals surface area contributed by atoms with Crippen LogP contribution in [-0.4, -0.2) is 22.1 Å². The lowest BCUT2D eigenvalue weighted by Crippen LogP contribution is -2.32. The zero-order valence-electron chi connectivity index (χ0n) is 9.35. The molecule has 0 spiro atoms. The lowest BCUT2D eigenvalue weighted by Gasteiger charge is -2.23. The van der Waals surface area contributed by atoms with Gasteiger partial charge in [0.25, 0.3) is 0 Å². The summed E-state index contributed by atoms with van der Waals surface area (Å²) < 4.78 is 2.37. The Bertz CT molecular complexity index is 357. The highest BCUT2D eigenvalue weighted by atomic mass is 35.5. The normalized spacial score (nSPS) is 28.6. The zero-order valence-corrected chi connectivity index (χ0v) is 10.2. The topological polar surface area (TPSA) is 55.9 Å². The van der Waals surface area contributed by atoms with Crippen molar-refractivity contribution in [3.05, 3.63) is 17.7 Å². The summed E-state index contributed by atoms with van der Waals surface area (Å²) in [6, 6.07) is 0.812. The molecule has 2 aliphatic rings. The summed E-state index contributed by atoms with van der Waals surface area (Å²) in [4.78, 5) is 4.56. The molecule has 90 valence electrons. The first-order valence-corrected chi connectivity index (χ1v) is 5.88. The highest BCUT2D eigenvalue weighted by molar-refractivity contribution is 5.85. The van der Waals surface area contributed by atoms with Crippen LogP contribution in [0.5, 0.6) is 0 Å². The van der Waals surface area contributed by atoms with Crippen molar-refractivity contribution in [3.8, 4) is 0 Å². The van der Waals surface area contributed by atoms with Crippen LogP contribution in [0.4, 0.5) is 0 Å². The number of hydrogen-bond acceptors (Lipinski definition) is 3. The van der Waals surface area contributed by atoms with Crippen molar-refractivity contribution in [1.82, 2.24) is 14.9 Å². The van der Waals surface area contributed by atoms with Crippen molar-refractivity contribution < 1.29 is 0 Å². The van der Waals surface area contributed by atoms with Gasteiger partial charge in [-0.2, -0.15) is 0 Å². The molecule has 0 saturated carbocycles. The van der Waals surface area contributed by atoms with E-state index in [0.29, 0.717) is 12.1 Å². The van der Waals surface area contributed by atoms with E-state index in [4.69, 9.17) is 5.73 Å². The number of halogens is 1. The average Bonchev–Trinajstić information content (AvgIpc) is 2.82. The zero-order chi connectivity index (χ0) is 10.3. The highest BCUT2D eigenvalue weighted by Gasteiger charge is 2.25. The molecule has 0 bridgehead atoms. The molecule has 1 aromatic rings. The molecule has 3 heterocycles. The number of rotatable bonds is 1.